The maximum atomic E-state index is 10.5. The monoisotopic (exact) mass is 402 g/mol. The van der Waals surface area contributed by atoms with Gasteiger partial charge in [-0.1, -0.05) is 0 Å². The van der Waals surface area contributed by atoms with E-state index in [-0.39, 0.29) is 36.7 Å². The van der Waals surface area contributed by atoms with E-state index >= 15 is 0 Å². The lowest BCUT2D eigenvalue weighted by Gasteiger charge is -1.92. The molecule has 2 aliphatic heterocycles. The normalized spacial score (nSPS) is 16.7. The van der Waals surface area contributed by atoms with Crippen molar-refractivity contribution in [3.63, 3.8) is 0 Å². The van der Waals surface area contributed by atoms with Crippen LogP contribution in [0.4, 0.5) is 0 Å². The molecule has 0 aromatic heterocycles. The molecule has 0 aromatic rings. The molecule has 0 aromatic carbocycles. The molecule has 158 valence electrons. The summed E-state index contributed by atoms with van der Waals surface area (Å²) in [5.74, 6) is -3.25. The maximum absolute atomic E-state index is 10.5. The fourth-order valence-electron chi connectivity index (χ4n) is 2.09. The Morgan fingerprint density at radius 3 is 1.07 bits per heavy atom. The molecule has 2 rings (SSSR count). The Bertz CT molecular complexity index is 485. The summed E-state index contributed by atoms with van der Waals surface area (Å²) >= 11 is 0. The van der Waals surface area contributed by atoms with E-state index in [4.69, 9.17) is 10.2 Å². The number of esters is 4. The quantitative estimate of drug-likeness (QED) is 0.395. The van der Waals surface area contributed by atoms with Crippen molar-refractivity contribution >= 4 is 35.8 Å². The van der Waals surface area contributed by atoms with Crippen LogP contribution in [0.3, 0.4) is 0 Å². The number of hydrogen-bond donors (Lipinski definition) is 2. The van der Waals surface area contributed by atoms with Crippen molar-refractivity contribution in [3.05, 3.63) is 0 Å². The highest BCUT2D eigenvalue weighted by Crippen LogP contribution is 2.08. The van der Waals surface area contributed by atoms with E-state index in [9.17, 15) is 28.8 Å². The summed E-state index contributed by atoms with van der Waals surface area (Å²) in [5.41, 5.74) is 0. The first-order valence-corrected chi connectivity index (χ1v) is 9.11. The van der Waals surface area contributed by atoms with Gasteiger partial charge >= 0.3 is 35.8 Å². The molecular weight excluding hydrogens is 376 g/mol. The molecule has 0 aliphatic carbocycles. The fraction of sp³-hybridized carbons (Fsp3) is 0.667. The van der Waals surface area contributed by atoms with Crippen LogP contribution in [0.15, 0.2) is 0 Å². The number of cyclic esters (lactones) is 4. The predicted molar refractivity (Wildman–Crippen MR) is 92.9 cm³/mol. The number of rotatable bonds is 5. The van der Waals surface area contributed by atoms with E-state index in [1.165, 1.54) is 0 Å². The van der Waals surface area contributed by atoms with E-state index in [1.54, 1.807) is 0 Å². The van der Waals surface area contributed by atoms with Gasteiger partial charge in [-0.25, -0.2) is 0 Å². The number of unbranched alkanes of at least 4 members (excludes halogenated alkanes) is 1. The fourth-order valence-corrected chi connectivity index (χ4v) is 2.09. The SMILES string of the molecule is O=C(O)CCCCC(=O)O.O=C1CCCCC(=O)O1.O=C1CCCCC(=O)O1. The minimum absolute atomic E-state index is 0.0628. The number of aliphatic carboxylic acids is 2. The van der Waals surface area contributed by atoms with Gasteiger partial charge in [0.2, 0.25) is 0 Å². The minimum Gasteiger partial charge on any atom is -0.481 e. The molecule has 10 heteroatoms. The summed E-state index contributed by atoms with van der Waals surface area (Å²) in [6, 6.07) is 0. The summed E-state index contributed by atoms with van der Waals surface area (Å²) in [4.78, 5) is 61.6. The van der Waals surface area contributed by atoms with Gasteiger partial charge in [0, 0.05) is 38.5 Å². The largest absolute Gasteiger partial charge is 0.481 e. The van der Waals surface area contributed by atoms with Crippen molar-refractivity contribution < 1.29 is 48.5 Å². The van der Waals surface area contributed by atoms with Gasteiger partial charge in [-0.15, -0.1) is 0 Å². The molecule has 2 N–H and O–H groups in total. The molecule has 2 heterocycles. The lowest BCUT2D eigenvalue weighted by molar-refractivity contribution is -0.160. The molecule has 0 saturated carbocycles. The highest BCUT2D eigenvalue weighted by atomic mass is 16.6. The van der Waals surface area contributed by atoms with E-state index in [0.717, 1.165) is 25.7 Å². The van der Waals surface area contributed by atoms with Crippen LogP contribution >= 0.6 is 0 Å². The average Bonchev–Trinajstić information content (AvgIpc) is 2.90. The van der Waals surface area contributed by atoms with Crippen LogP contribution in [0, 0.1) is 0 Å². The molecule has 10 nitrogen and oxygen atoms in total. The van der Waals surface area contributed by atoms with Crippen LogP contribution in [0.5, 0.6) is 0 Å². The first-order chi connectivity index (χ1) is 13.2. The highest BCUT2D eigenvalue weighted by Gasteiger charge is 2.14. The second-order valence-electron chi connectivity index (χ2n) is 6.10. The van der Waals surface area contributed by atoms with Crippen LogP contribution < -0.4 is 0 Å². The third kappa shape index (κ3) is 16.7. The molecular formula is C18H26O10. The number of ether oxygens (including phenoxy) is 2. The van der Waals surface area contributed by atoms with Crippen molar-refractivity contribution in [3.8, 4) is 0 Å². The number of carbonyl (C=O) groups excluding carboxylic acids is 4. The zero-order valence-electron chi connectivity index (χ0n) is 15.6. The molecule has 2 fully saturated rings. The standard InChI is InChI=1S/C6H10O4.2C6H8O3/c7-5(8)3-1-2-4-6(9)10;2*7-5-3-1-2-4-6(8)9-5/h1-4H2,(H,7,8)(H,9,10);2*1-4H2. The van der Waals surface area contributed by atoms with E-state index in [0.29, 0.717) is 38.5 Å². The van der Waals surface area contributed by atoms with Crippen molar-refractivity contribution in [1.29, 1.82) is 0 Å². The second-order valence-corrected chi connectivity index (χ2v) is 6.10. The Morgan fingerprint density at radius 1 is 0.607 bits per heavy atom. The molecule has 28 heavy (non-hydrogen) atoms. The Balaban J connectivity index is 0.000000391. The van der Waals surface area contributed by atoms with Gasteiger partial charge in [0.25, 0.3) is 0 Å². The number of carboxylic acids is 2. The van der Waals surface area contributed by atoms with Crippen LogP contribution in [-0.2, 0) is 38.2 Å². The van der Waals surface area contributed by atoms with Gasteiger partial charge in [0.15, 0.2) is 0 Å². The lowest BCUT2D eigenvalue weighted by Crippen LogP contribution is -2.07. The summed E-state index contributed by atoms with van der Waals surface area (Å²) in [6.07, 6.45) is 5.73. The maximum Gasteiger partial charge on any atom is 0.313 e. The van der Waals surface area contributed by atoms with Gasteiger partial charge in [-0.2, -0.15) is 0 Å². The van der Waals surface area contributed by atoms with E-state index < -0.39 is 11.9 Å². The first-order valence-electron chi connectivity index (χ1n) is 9.11. The molecule has 0 atom stereocenters. The van der Waals surface area contributed by atoms with Crippen LogP contribution in [0.1, 0.15) is 77.0 Å². The molecule has 2 aliphatic rings. The Kier molecular flexibility index (Phi) is 13.8. The predicted octanol–water partition coefficient (Wildman–Crippen LogP) is 1.98. The zero-order chi connectivity index (χ0) is 21.4. The summed E-state index contributed by atoms with van der Waals surface area (Å²) in [7, 11) is 0. The number of carboxylic acid groups (broad SMARTS) is 2. The van der Waals surface area contributed by atoms with Gasteiger partial charge in [0.1, 0.15) is 0 Å². The Labute approximate surface area is 162 Å². The average molecular weight is 402 g/mol. The van der Waals surface area contributed by atoms with Crippen molar-refractivity contribution in [2.45, 2.75) is 77.0 Å². The van der Waals surface area contributed by atoms with E-state index in [1.807, 2.05) is 0 Å². The molecule has 0 unspecified atom stereocenters. The number of hydrogen-bond acceptors (Lipinski definition) is 8. The van der Waals surface area contributed by atoms with Crippen LogP contribution in [0.2, 0.25) is 0 Å². The Morgan fingerprint density at radius 2 is 0.857 bits per heavy atom. The highest BCUT2D eigenvalue weighted by molar-refractivity contribution is 5.86. The van der Waals surface area contributed by atoms with Crippen LogP contribution in [-0.4, -0.2) is 46.0 Å². The van der Waals surface area contributed by atoms with Crippen molar-refractivity contribution in [1.82, 2.24) is 0 Å². The lowest BCUT2D eigenvalue weighted by atomic mass is 10.2. The molecule has 0 amide bonds. The van der Waals surface area contributed by atoms with Crippen LogP contribution in [0.25, 0.3) is 0 Å². The number of carbonyl (C=O) groups is 6. The third-order valence-electron chi connectivity index (χ3n) is 3.51. The van der Waals surface area contributed by atoms with Gasteiger partial charge in [-0.05, 0) is 38.5 Å². The summed E-state index contributed by atoms with van der Waals surface area (Å²) in [6.45, 7) is 0. The molecule has 0 bridgehead atoms. The summed E-state index contributed by atoms with van der Waals surface area (Å²) < 4.78 is 8.67. The third-order valence-corrected chi connectivity index (χ3v) is 3.51. The smallest absolute Gasteiger partial charge is 0.313 e. The molecule has 0 spiro atoms. The molecule has 2 saturated heterocycles. The zero-order valence-corrected chi connectivity index (χ0v) is 15.6. The van der Waals surface area contributed by atoms with Crippen molar-refractivity contribution in [2.75, 3.05) is 0 Å². The minimum atomic E-state index is -0.870. The van der Waals surface area contributed by atoms with E-state index in [2.05, 4.69) is 9.47 Å². The van der Waals surface area contributed by atoms with Gasteiger partial charge in [0.05, 0.1) is 0 Å². The van der Waals surface area contributed by atoms with Crippen molar-refractivity contribution in [2.24, 2.45) is 0 Å². The van der Waals surface area contributed by atoms with Gasteiger partial charge < -0.3 is 19.7 Å². The second kappa shape index (κ2) is 15.3. The Hall–Kier alpha value is -2.78. The first kappa shape index (κ1) is 25.2. The summed E-state index contributed by atoms with van der Waals surface area (Å²) in [5, 5.41) is 16.3. The molecule has 0 radical (unpaired) electrons. The van der Waals surface area contributed by atoms with Gasteiger partial charge in [-0.3, -0.25) is 28.8 Å². The topological polar surface area (TPSA) is 161 Å².